The van der Waals surface area contributed by atoms with Crippen LogP contribution in [0, 0.1) is 6.92 Å². The second-order valence-electron chi connectivity index (χ2n) is 5.61. The van der Waals surface area contributed by atoms with Crippen LogP contribution in [0.25, 0.3) is 0 Å². The van der Waals surface area contributed by atoms with E-state index in [2.05, 4.69) is 20.6 Å². The quantitative estimate of drug-likeness (QED) is 0.628. The number of urea groups is 1. The van der Waals surface area contributed by atoms with Crippen molar-refractivity contribution in [1.82, 2.24) is 9.97 Å². The molecule has 2 aromatic carbocycles. The number of hydrogen-bond donors (Lipinski definition) is 3. The molecule has 0 bridgehead atoms. The number of rotatable bonds is 4. The molecule has 1 aromatic heterocycles. The standard InChI is InChI=1S/C19H17N5O2/c1-12-11-16(20)23-18(21-12)24-19(26)22-15-9-7-14(8-10-15)17(25)13-5-3-2-4-6-13/h2-11H,1H3,(H4,20,21,22,23,24,26). The fraction of sp³-hybridized carbons (Fsp3) is 0.0526. The molecule has 4 N–H and O–H groups in total. The third-order valence-electron chi connectivity index (χ3n) is 3.54. The fourth-order valence-corrected chi connectivity index (χ4v) is 2.37. The highest BCUT2D eigenvalue weighted by atomic mass is 16.2. The predicted molar refractivity (Wildman–Crippen MR) is 100 cm³/mol. The molecule has 1 heterocycles. The Morgan fingerprint density at radius 3 is 2.19 bits per heavy atom. The lowest BCUT2D eigenvalue weighted by Gasteiger charge is -2.08. The maximum atomic E-state index is 12.4. The first-order chi connectivity index (χ1) is 12.5. The molecule has 0 aliphatic heterocycles. The molecule has 130 valence electrons. The van der Waals surface area contributed by atoms with Crippen LogP contribution in [-0.2, 0) is 0 Å². The van der Waals surface area contributed by atoms with Gasteiger partial charge in [-0.05, 0) is 31.2 Å². The van der Waals surface area contributed by atoms with Crippen LogP contribution in [0.3, 0.4) is 0 Å². The molecule has 0 fully saturated rings. The zero-order valence-electron chi connectivity index (χ0n) is 14.1. The van der Waals surface area contributed by atoms with Crippen LogP contribution in [0.1, 0.15) is 21.6 Å². The van der Waals surface area contributed by atoms with E-state index in [1.165, 1.54) is 0 Å². The molecule has 0 saturated carbocycles. The summed E-state index contributed by atoms with van der Waals surface area (Å²) in [4.78, 5) is 32.4. The Morgan fingerprint density at radius 1 is 0.885 bits per heavy atom. The molecule has 7 nitrogen and oxygen atoms in total. The number of nitrogen functional groups attached to an aromatic ring is 1. The Morgan fingerprint density at radius 2 is 1.54 bits per heavy atom. The minimum Gasteiger partial charge on any atom is -0.384 e. The van der Waals surface area contributed by atoms with Crippen molar-refractivity contribution in [2.24, 2.45) is 0 Å². The Bertz CT molecular complexity index is 920. The first kappa shape index (κ1) is 17.1. The highest BCUT2D eigenvalue weighted by Crippen LogP contribution is 2.14. The number of nitrogens with zero attached hydrogens (tertiary/aromatic N) is 2. The van der Waals surface area contributed by atoms with Gasteiger partial charge >= 0.3 is 6.03 Å². The number of carbonyl (C=O) groups excluding carboxylic acids is 2. The van der Waals surface area contributed by atoms with Crippen LogP contribution in [0.4, 0.5) is 22.2 Å². The highest BCUT2D eigenvalue weighted by Gasteiger charge is 2.10. The summed E-state index contributed by atoms with van der Waals surface area (Å²) in [6, 6.07) is 16.7. The summed E-state index contributed by atoms with van der Waals surface area (Å²) in [7, 11) is 0. The van der Waals surface area contributed by atoms with Crippen LogP contribution in [0.15, 0.2) is 60.7 Å². The number of benzene rings is 2. The lowest BCUT2D eigenvalue weighted by Crippen LogP contribution is -2.21. The molecule has 26 heavy (non-hydrogen) atoms. The van der Waals surface area contributed by atoms with Crippen LogP contribution in [-0.4, -0.2) is 21.8 Å². The average Bonchev–Trinajstić information content (AvgIpc) is 2.61. The number of aromatic nitrogens is 2. The number of aryl methyl sites for hydroxylation is 1. The molecule has 0 spiro atoms. The van der Waals surface area contributed by atoms with Crippen molar-refractivity contribution in [2.45, 2.75) is 6.92 Å². The first-order valence-corrected chi connectivity index (χ1v) is 7.90. The Kier molecular flexibility index (Phi) is 4.89. The third-order valence-corrected chi connectivity index (χ3v) is 3.54. The summed E-state index contributed by atoms with van der Waals surface area (Å²) in [5, 5.41) is 5.17. The molecule has 3 rings (SSSR count). The topological polar surface area (TPSA) is 110 Å². The third kappa shape index (κ3) is 4.21. The number of anilines is 3. The van der Waals surface area contributed by atoms with E-state index in [9.17, 15) is 9.59 Å². The van der Waals surface area contributed by atoms with Crippen LogP contribution >= 0.6 is 0 Å². The molecule has 0 aliphatic carbocycles. The van der Waals surface area contributed by atoms with Gasteiger partial charge in [-0.1, -0.05) is 30.3 Å². The van der Waals surface area contributed by atoms with Crippen molar-refractivity contribution in [2.75, 3.05) is 16.4 Å². The molecule has 0 atom stereocenters. The molecule has 0 unspecified atom stereocenters. The van der Waals surface area contributed by atoms with E-state index in [-0.39, 0.29) is 17.5 Å². The SMILES string of the molecule is Cc1cc(N)nc(NC(=O)Nc2ccc(C(=O)c3ccccc3)cc2)n1. The van der Waals surface area contributed by atoms with Crippen molar-refractivity contribution < 1.29 is 9.59 Å². The number of ketones is 1. The fourth-order valence-electron chi connectivity index (χ4n) is 2.37. The second kappa shape index (κ2) is 7.43. The van der Waals surface area contributed by atoms with Gasteiger partial charge in [0.25, 0.3) is 0 Å². The van der Waals surface area contributed by atoms with E-state index in [0.717, 1.165) is 0 Å². The van der Waals surface area contributed by atoms with Crippen molar-refractivity contribution in [3.05, 3.63) is 77.5 Å². The van der Waals surface area contributed by atoms with Gasteiger partial charge in [-0.3, -0.25) is 10.1 Å². The van der Waals surface area contributed by atoms with Gasteiger partial charge in [0, 0.05) is 28.6 Å². The molecule has 0 saturated heterocycles. The number of nitrogens with one attached hydrogen (secondary N) is 2. The van der Waals surface area contributed by atoms with Gasteiger partial charge in [0.05, 0.1) is 0 Å². The molecular weight excluding hydrogens is 330 g/mol. The zero-order valence-corrected chi connectivity index (χ0v) is 14.1. The van der Waals surface area contributed by atoms with Crippen LogP contribution < -0.4 is 16.4 Å². The number of nitrogens with two attached hydrogens (primary N) is 1. The Hall–Kier alpha value is -3.74. The average molecular weight is 347 g/mol. The minimum atomic E-state index is -0.503. The van der Waals surface area contributed by atoms with Crippen LogP contribution in [0.2, 0.25) is 0 Å². The molecule has 7 heteroatoms. The number of hydrogen-bond acceptors (Lipinski definition) is 5. The van der Waals surface area contributed by atoms with E-state index in [1.807, 2.05) is 18.2 Å². The van der Waals surface area contributed by atoms with Gasteiger partial charge in [-0.2, -0.15) is 4.98 Å². The summed E-state index contributed by atoms with van der Waals surface area (Å²) < 4.78 is 0. The predicted octanol–water partition coefficient (Wildman–Crippen LogP) is 3.24. The lowest BCUT2D eigenvalue weighted by atomic mass is 10.0. The maximum Gasteiger partial charge on any atom is 0.326 e. The summed E-state index contributed by atoms with van der Waals surface area (Å²) in [5.74, 6) is 0.317. The largest absolute Gasteiger partial charge is 0.384 e. The normalized spacial score (nSPS) is 10.2. The molecule has 0 aliphatic rings. The van der Waals surface area contributed by atoms with Gasteiger partial charge in [0.15, 0.2) is 5.78 Å². The molecular formula is C19H17N5O2. The summed E-state index contributed by atoms with van der Waals surface area (Å²) in [6.07, 6.45) is 0. The smallest absolute Gasteiger partial charge is 0.326 e. The second-order valence-corrected chi connectivity index (χ2v) is 5.61. The van der Waals surface area contributed by atoms with Gasteiger partial charge in [0.1, 0.15) is 5.82 Å². The van der Waals surface area contributed by atoms with E-state index in [1.54, 1.807) is 49.4 Å². The van der Waals surface area contributed by atoms with Gasteiger partial charge < -0.3 is 11.1 Å². The van der Waals surface area contributed by atoms with E-state index < -0.39 is 6.03 Å². The number of carbonyl (C=O) groups is 2. The molecule has 2 amide bonds. The zero-order chi connectivity index (χ0) is 18.5. The van der Waals surface area contributed by atoms with Gasteiger partial charge in [0.2, 0.25) is 5.95 Å². The summed E-state index contributed by atoms with van der Waals surface area (Å²) >= 11 is 0. The van der Waals surface area contributed by atoms with Crippen molar-refractivity contribution in [3.8, 4) is 0 Å². The Labute approximate surface area is 150 Å². The van der Waals surface area contributed by atoms with Gasteiger partial charge in [-0.15, -0.1) is 0 Å². The Balaban J connectivity index is 1.65. The maximum absolute atomic E-state index is 12.4. The minimum absolute atomic E-state index is 0.0785. The highest BCUT2D eigenvalue weighted by molar-refractivity contribution is 6.09. The van der Waals surface area contributed by atoms with Gasteiger partial charge in [-0.25, -0.2) is 9.78 Å². The number of amides is 2. The summed E-state index contributed by atoms with van der Waals surface area (Å²) in [5.41, 5.74) is 7.96. The first-order valence-electron chi connectivity index (χ1n) is 7.90. The van der Waals surface area contributed by atoms with E-state index in [4.69, 9.17) is 5.73 Å². The van der Waals surface area contributed by atoms with E-state index >= 15 is 0 Å². The monoisotopic (exact) mass is 347 g/mol. The summed E-state index contributed by atoms with van der Waals surface area (Å²) in [6.45, 7) is 1.75. The van der Waals surface area contributed by atoms with E-state index in [0.29, 0.717) is 22.5 Å². The molecule has 3 aromatic rings. The lowest BCUT2D eigenvalue weighted by molar-refractivity contribution is 0.103. The van der Waals surface area contributed by atoms with Crippen LogP contribution in [0.5, 0.6) is 0 Å². The van der Waals surface area contributed by atoms with Crippen molar-refractivity contribution >= 4 is 29.3 Å². The van der Waals surface area contributed by atoms with Crippen molar-refractivity contribution in [1.29, 1.82) is 0 Å². The van der Waals surface area contributed by atoms with Crippen molar-refractivity contribution in [3.63, 3.8) is 0 Å². The molecule has 0 radical (unpaired) electrons.